The van der Waals surface area contributed by atoms with Crippen LogP contribution in [0.3, 0.4) is 0 Å². The van der Waals surface area contributed by atoms with Crippen LogP contribution < -0.4 is 5.32 Å². The standard InChI is InChI=1S/C22H17FN2O3S/c23-16-10-12-17(13-11-16)24-22(26)15-25-14-21(19-8-4-5-9-20(19)25)29(27,28)18-6-2-1-3-7-18/h1-14H,15H2,(H,24,26). The molecule has 4 rings (SSSR count). The van der Waals surface area contributed by atoms with Gasteiger partial charge in [0.15, 0.2) is 0 Å². The molecule has 29 heavy (non-hydrogen) atoms. The van der Waals surface area contributed by atoms with Crippen molar-refractivity contribution in [2.45, 2.75) is 16.3 Å². The fraction of sp³-hybridized carbons (Fsp3) is 0.0455. The topological polar surface area (TPSA) is 68.2 Å². The molecule has 1 aromatic heterocycles. The van der Waals surface area contributed by atoms with E-state index in [-0.39, 0.29) is 22.2 Å². The number of halogens is 1. The van der Waals surface area contributed by atoms with Crippen LogP contribution in [0.1, 0.15) is 0 Å². The van der Waals surface area contributed by atoms with Crippen LogP contribution in [0.5, 0.6) is 0 Å². The van der Waals surface area contributed by atoms with Crippen LogP contribution in [0, 0.1) is 5.82 Å². The van der Waals surface area contributed by atoms with Gasteiger partial charge in [0, 0.05) is 22.8 Å². The molecule has 0 fully saturated rings. The Morgan fingerprint density at radius 3 is 2.28 bits per heavy atom. The lowest BCUT2D eigenvalue weighted by Crippen LogP contribution is -2.18. The Labute approximate surface area is 167 Å². The van der Waals surface area contributed by atoms with Gasteiger partial charge < -0.3 is 9.88 Å². The van der Waals surface area contributed by atoms with Crippen molar-refractivity contribution >= 4 is 32.3 Å². The predicted octanol–water partition coefficient (Wildman–Crippen LogP) is 4.25. The first-order chi connectivity index (χ1) is 13.9. The fourth-order valence-corrected chi connectivity index (χ4v) is 4.67. The quantitative estimate of drug-likeness (QED) is 0.537. The zero-order chi connectivity index (χ0) is 20.4. The molecule has 5 nitrogen and oxygen atoms in total. The first kappa shape index (κ1) is 18.9. The van der Waals surface area contributed by atoms with Gasteiger partial charge in [0.25, 0.3) is 0 Å². The number of fused-ring (bicyclic) bond motifs is 1. The second-order valence-electron chi connectivity index (χ2n) is 6.51. The van der Waals surface area contributed by atoms with Crippen molar-refractivity contribution in [2.75, 3.05) is 5.32 Å². The van der Waals surface area contributed by atoms with E-state index in [1.165, 1.54) is 30.5 Å². The summed E-state index contributed by atoms with van der Waals surface area (Å²) >= 11 is 0. The van der Waals surface area contributed by atoms with Gasteiger partial charge in [0.2, 0.25) is 15.7 Å². The summed E-state index contributed by atoms with van der Waals surface area (Å²) in [6.45, 7) is -0.0812. The number of nitrogens with one attached hydrogen (secondary N) is 1. The minimum atomic E-state index is -3.74. The summed E-state index contributed by atoms with van der Waals surface area (Å²) in [5.74, 6) is -0.740. The van der Waals surface area contributed by atoms with E-state index in [9.17, 15) is 17.6 Å². The lowest BCUT2D eigenvalue weighted by molar-refractivity contribution is -0.116. The largest absolute Gasteiger partial charge is 0.337 e. The SMILES string of the molecule is O=C(Cn1cc(S(=O)(=O)c2ccccc2)c2ccccc21)Nc1ccc(F)cc1. The van der Waals surface area contributed by atoms with Gasteiger partial charge >= 0.3 is 0 Å². The van der Waals surface area contributed by atoms with E-state index in [0.717, 1.165) is 0 Å². The predicted molar refractivity (Wildman–Crippen MR) is 109 cm³/mol. The molecule has 0 bridgehead atoms. The second-order valence-corrected chi connectivity index (χ2v) is 8.43. The number of aromatic nitrogens is 1. The summed E-state index contributed by atoms with van der Waals surface area (Å²) in [4.78, 5) is 12.8. The monoisotopic (exact) mass is 408 g/mol. The van der Waals surface area contributed by atoms with Crippen LogP contribution in [-0.2, 0) is 21.2 Å². The lowest BCUT2D eigenvalue weighted by atomic mass is 10.2. The van der Waals surface area contributed by atoms with Crippen LogP contribution >= 0.6 is 0 Å². The lowest BCUT2D eigenvalue weighted by Gasteiger charge is -2.07. The maximum atomic E-state index is 13.1. The molecule has 0 atom stereocenters. The summed E-state index contributed by atoms with van der Waals surface area (Å²) in [5, 5.41) is 3.23. The molecule has 0 radical (unpaired) electrons. The van der Waals surface area contributed by atoms with Crippen molar-refractivity contribution in [2.24, 2.45) is 0 Å². The van der Waals surface area contributed by atoms with Crippen LogP contribution in [0.25, 0.3) is 10.9 Å². The molecule has 0 spiro atoms. The van der Waals surface area contributed by atoms with Gasteiger partial charge in [-0.15, -0.1) is 0 Å². The molecule has 1 N–H and O–H groups in total. The smallest absolute Gasteiger partial charge is 0.244 e. The maximum absolute atomic E-state index is 13.1. The number of anilines is 1. The summed E-state index contributed by atoms with van der Waals surface area (Å²) in [6, 6.07) is 20.7. The van der Waals surface area contributed by atoms with Crippen molar-refractivity contribution < 1.29 is 17.6 Å². The molecule has 3 aromatic carbocycles. The Morgan fingerprint density at radius 2 is 1.55 bits per heavy atom. The second kappa shape index (κ2) is 7.52. The Kier molecular flexibility index (Phi) is 4.90. The van der Waals surface area contributed by atoms with Crippen molar-refractivity contribution in [1.82, 2.24) is 4.57 Å². The zero-order valence-electron chi connectivity index (χ0n) is 15.2. The average Bonchev–Trinajstić information content (AvgIpc) is 3.10. The van der Waals surface area contributed by atoms with Gasteiger partial charge in [-0.05, 0) is 42.5 Å². The van der Waals surface area contributed by atoms with Gasteiger partial charge in [-0.3, -0.25) is 4.79 Å². The molecule has 0 aliphatic carbocycles. The third-order valence-corrected chi connectivity index (χ3v) is 6.33. The molecule has 1 amide bonds. The summed E-state index contributed by atoms with van der Waals surface area (Å²) in [5.41, 5.74) is 1.10. The van der Waals surface area contributed by atoms with Crippen molar-refractivity contribution in [3.8, 4) is 0 Å². The highest BCUT2D eigenvalue weighted by Gasteiger charge is 2.23. The number of benzene rings is 3. The van der Waals surface area contributed by atoms with Gasteiger partial charge in [-0.25, -0.2) is 12.8 Å². The number of rotatable bonds is 5. The minimum Gasteiger partial charge on any atom is -0.337 e. The molecule has 0 aliphatic rings. The third-order valence-electron chi connectivity index (χ3n) is 4.54. The van der Waals surface area contributed by atoms with E-state index in [2.05, 4.69) is 5.32 Å². The Bertz CT molecular complexity index is 1280. The number of carbonyl (C=O) groups is 1. The molecule has 4 aromatic rings. The Hall–Kier alpha value is -3.45. The van der Waals surface area contributed by atoms with Crippen molar-refractivity contribution in [3.63, 3.8) is 0 Å². The molecule has 0 saturated heterocycles. The molecule has 146 valence electrons. The van der Waals surface area contributed by atoms with Crippen LogP contribution in [-0.4, -0.2) is 18.9 Å². The molecule has 1 heterocycles. The number of hydrogen-bond acceptors (Lipinski definition) is 3. The molecule has 0 saturated carbocycles. The minimum absolute atomic E-state index is 0.0812. The van der Waals surface area contributed by atoms with Gasteiger partial charge in [0.05, 0.1) is 9.79 Å². The van der Waals surface area contributed by atoms with Gasteiger partial charge in [-0.2, -0.15) is 0 Å². The molecule has 0 unspecified atom stereocenters. The van der Waals surface area contributed by atoms with Crippen LogP contribution in [0.4, 0.5) is 10.1 Å². The molecule has 0 aliphatic heterocycles. The third kappa shape index (κ3) is 3.77. The van der Waals surface area contributed by atoms with Gasteiger partial charge in [0.1, 0.15) is 12.4 Å². The summed E-state index contributed by atoms with van der Waals surface area (Å²) < 4.78 is 40.9. The molecule has 7 heteroatoms. The summed E-state index contributed by atoms with van der Waals surface area (Å²) in [6.07, 6.45) is 1.48. The average molecular weight is 408 g/mol. The number of carbonyl (C=O) groups excluding carboxylic acids is 1. The number of nitrogens with zero attached hydrogens (tertiary/aromatic N) is 1. The van der Waals surface area contributed by atoms with Crippen molar-refractivity contribution in [3.05, 3.63) is 90.9 Å². The van der Waals surface area contributed by atoms with E-state index < -0.39 is 15.7 Å². The highest BCUT2D eigenvalue weighted by Crippen LogP contribution is 2.30. The fourth-order valence-electron chi connectivity index (χ4n) is 3.17. The number of hydrogen-bond donors (Lipinski definition) is 1. The van der Waals surface area contributed by atoms with E-state index in [0.29, 0.717) is 16.6 Å². The summed E-state index contributed by atoms with van der Waals surface area (Å²) in [7, 11) is -3.74. The first-order valence-corrected chi connectivity index (χ1v) is 10.4. The normalized spacial score (nSPS) is 11.5. The van der Waals surface area contributed by atoms with E-state index >= 15 is 0 Å². The number of para-hydroxylation sites is 1. The Balaban J connectivity index is 1.69. The highest BCUT2D eigenvalue weighted by molar-refractivity contribution is 7.91. The number of amides is 1. The van der Waals surface area contributed by atoms with E-state index in [1.807, 2.05) is 0 Å². The zero-order valence-corrected chi connectivity index (χ0v) is 16.1. The first-order valence-electron chi connectivity index (χ1n) is 8.88. The Morgan fingerprint density at radius 1 is 0.897 bits per heavy atom. The van der Waals surface area contributed by atoms with Crippen LogP contribution in [0.2, 0.25) is 0 Å². The van der Waals surface area contributed by atoms with E-state index in [1.54, 1.807) is 59.2 Å². The number of sulfone groups is 1. The molecular weight excluding hydrogens is 391 g/mol. The maximum Gasteiger partial charge on any atom is 0.244 e. The molecular formula is C22H17FN2O3S. The van der Waals surface area contributed by atoms with Crippen molar-refractivity contribution in [1.29, 1.82) is 0 Å². The van der Waals surface area contributed by atoms with E-state index in [4.69, 9.17) is 0 Å². The van der Waals surface area contributed by atoms with Crippen LogP contribution in [0.15, 0.2) is 94.9 Å². The highest BCUT2D eigenvalue weighted by atomic mass is 32.2. The van der Waals surface area contributed by atoms with Gasteiger partial charge in [-0.1, -0.05) is 36.4 Å².